The van der Waals surface area contributed by atoms with Crippen LogP contribution in [0.25, 0.3) is 0 Å². The van der Waals surface area contributed by atoms with Gasteiger partial charge in [0.25, 0.3) is 0 Å². The third kappa shape index (κ3) is 12.2. The maximum atomic E-state index is 11.3. The van der Waals surface area contributed by atoms with Crippen molar-refractivity contribution >= 4 is 5.97 Å². The second kappa shape index (κ2) is 11.4. The third-order valence-electron chi connectivity index (χ3n) is 3.25. The van der Waals surface area contributed by atoms with Crippen molar-refractivity contribution in [2.24, 2.45) is 5.92 Å². The fourth-order valence-corrected chi connectivity index (χ4v) is 1.77. The molecule has 0 spiro atoms. The molecular formula is C19H32O2. The molecule has 0 aliphatic carbocycles. The molecule has 0 aliphatic heterocycles. The first kappa shape index (κ1) is 19.7. The highest BCUT2D eigenvalue weighted by atomic mass is 16.5. The van der Waals surface area contributed by atoms with Gasteiger partial charge in [-0.25, -0.2) is 0 Å². The highest BCUT2D eigenvalue weighted by molar-refractivity contribution is 5.71. The van der Waals surface area contributed by atoms with Crippen molar-refractivity contribution < 1.29 is 9.53 Å². The largest absolute Gasteiger partial charge is 0.461 e. The molecule has 0 aromatic heterocycles. The smallest absolute Gasteiger partial charge is 0.308 e. The van der Waals surface area contributed by atoms with E-state index in [-0.39, 0.29) is 11.9 Å². The number of carbonyl (C=O) groups excluding carboxylic acids is 1. The van der Waals surface area contributed by atoms with Gasteiger partial charge in [-0.1, -0.05) is 42.7 Å². The second-order valence-corrected chi connectivity index (χ2v) is 6.24. The number of hydrogen-bond donors (Lipinski definition) is 0. The van der Waals surface area contributed by atoms with Crippen LogP contribution in [0.3, 0.4) is 0 Å². The molecule has 120 valence electrons. The van der Waals surface area contributed by atoms with E-state index < -0.39 is 0 Å². The molecule has 0 rings (SSSR count). The van der Waals surface area contributed by atoms with Crippen molar-refractivity contribution in [1.29, 1.82) is 0 Å². The van der Waals surface area contributed by atoms with Crippen LogP contribution in [0.5, 0.6) is 0 Å². The topological polar surface area (TPSA) is 26.3 Å². The first-order valence-electron chi connectivity index (χ1n) is 7.94. The Balaban J connectivity index is 3.93. The minimum atomic E-state index is -0.130. The molecule has 0 heterocycles. The number of carbonyl (C=O) groups is 1. The Kier molecular flexibility index (Phi) is 10.7. The van der Waals surface area contributed by atoms with Gasteiger partial charge in [-0.15, -0.1) is 0 Å². The lowest BCUT2D eigenvalue weighted by atomic mass is 10.1. The Hall–Kier alpha value is -1.31. The molecule has 2 heteroatoms. The van der Waals surface area contributed by atoms with E-state index in [1.165, 1.54) is 16.7 Å². The molecule has 21 heavy (non-hydrogen) atoms. The molecule has 0 unspecified atom stereocenters. The molecule has 0 saturated carbocycles. The predicted octanol–water partition coefficient (Wildman–Crippen LogP) is 5.60. The van der Waals surface area contributed by atoms with Crippen molar-refractivity contribution in [2.75, 3.05) is 6.61 Å². The summed E-state index contributed by atoms with van der Waals surface area (Å²) in [6.07, 6.45) is 11.0. The van der Waals surface area contributed by atoms with Crippen molar-refractivity contribution in [3.63, 3.8) is 0 Å². The SMILES string of the molecule is CC(C)=CCCC(C)=CCCC(C)=CCOC(=O)C(C)C. The van der Waals surface area contributed by atoms with Gasteiger partial charge in [0.15, 0.2) is 0 Å². The molecule has 0 aliphatic rings. The van der Waals surface area contributed by atoms with Gasteiger partial charge >= 0.3 is 5.97 Å². The molecule has 0 bridgehead atoms. The quantitative estimate of drug-likeness (QED) is 0.408. The summed E-state index contributed by atoms with van der Waals surface area (Å²) < 4.78 is 5.14. The Morgan fingerprint density at radius 3 is 1.95 bits per heavy atom. The van der Waals surface area contributed by atoms with Crippen LogP contribution in [0.2, 0.25) is 0 Å². The molecular weight excluding hydrogens is 260 g/mol. The lowest BCUT2D eigenvalue weighted by Crippen LogP contribution is -2.11. The maximum Gasteiger partial charge on any atom is 0.308 e. The Bertz CT molecular complexity index is 394. The molecule has 0 fully saturated rings. The summed E-state index contributed by atoms with van der Waals surface area (Å²) in [7, 11) is 0. The Morgan fingerprint density at radius 1 is 0.905 bits per heavy atom. The van der Waals surface area contributed by atoms with E-state index in [1.807, 2.05) is 19.9 Å². The van der Waals surface area contributed by atoms with Gasteiger partial charge in [0.2, 0.25) is 0 Å². The zero-order valence-corrected chi connectivity index (χ0v) is 14.7. The predicted molar refractivity (Wildman–Crippen MR) is 91.2 cm³/mol. The van der Waals surface area contributed by atoms with Gasteiger partial charge in [0, 0.05) is 0 Å². The van der Waals surface area contributed by atoms with Crippen molar-refractivity contribution in [2.45, 2.75) is 67.2 Å². The summed E-state index contributed by atoms with van der Waals surface area (Å²) in [5.74, 6) is -0.181. The average Bonchev–Trinajstić information content (AvgIpc) is 2.37. The minimum absolute atomic E-state index is 0.0508. The first-order valence-corrected chi connectivity index (χ1v) is 7.94. The van der Waals surface area contributed by atoms with Crippen LogP contribution in [-0.4, -0.2) is 12.6 Å². The summed E-state index contributed by atoms with van der Waals surface area (Å²) in [4.78, 5) is 11.3. The summed E-state index contributed by atoms with van der Waals surface area (Å²) in [5.41, 5.74) is 4.11. The summed E-state index contributed by atoms with van der Waals surface area (Å²) in [6, 6.07) is 0. The molecule has 0 atom stereocenters. The van der Waals surface area contributed by atoms with Gasteiger partial charge in [0.1, 0.15) is 6.61 Å². The molecule has 0 saturated heterocycles. The van der Waals surface area contributed by atoms with Crippen LogP contribution in [0, 0.1) is 5.92 Å². The number of hydrogen-bond acceptors (Lipinski definition) is 2. The molecule has 2 nitrogen and oxygen atoms in total. The standard InChI is InChI=1S/C19H32O2/c1-15(2)9-7-10-17(5)11-8-12-18(6)13-14-21-19(20)16(3)4/h9,11,13,16H,7-8,10,12,14H2,1-6H3. The van der Waals surface area contributed by atoms with Gasteiger partial charge < -0.3 is 4.74 Å². The van der Waals surface area contributed by atoms with Crippen molar-refractivity contribution in [3.05, 3.63) is 34.9 Å². The van der Waals surface area contributed by atoms with Gasteiger partial charge in [-0.3, -0.25) is 4.79 Å². The highest BCUT2D eigenvalue weighted by Crippen LogP contribution is 2.11. The lowest BCUT2D eigenvalue weighted by Gasteiger charge is -2.05. The molecule has 0 amide bonds. The zero-order chi connectivity index (χ0) is 16.3. The van der Waals surface area contributed by atoms with Crippen molar-refractivity contribution in [3.8, 4) is 0 Å². The number of allylic oxidation sites excluding steroid dienone is 5. The van der Waals surface area contributed by atoms with Gasteiger partial charge in [-0.2, -0.15) is 0 Å². The summed E-state index contributed by atoms with van der Waals surface area (Å²) in [5, 5.41) is 0. The second-order valence-electron chi connectivity index (χ2n) is 6.24. The van der Waals surface area contributed by atoms with Crippen LogP contribution in [0.15, 0.2) is 34.9 Å². The summed E-state index contributed by atoms with van der Waals surface area (Å²) in [6.45, 7) is 12.7. The van der Waals surface area contributed by atoms with Crippen LogP contribution in [-0.2, 0) is 9.53 Å². The van der Waals surface area contributed by atoms with Gasteiger partial charge in [0.05, 0.1) is 5.92 Å². The van der Waals surface area contributed by atoms with Crippen LogP contribution >= 0.6 is 0 Å². The number of ether oxygens (including phenoxy) is 1. The molecule has 0 aromatic rings. The van der Waals surface area contributed by atoms with Crippen LogP contribution in [0.1, 0.15) is 67.2 Å². The lowest BCUT2D eigenvalue weighted by molar-refractivity contribution is -0.146. The van der Waals surface area contributed by atoms with Crippen molar-refractivity contribution in [1.82, 2.24) is 0 Å². The highest BCUT2D eigenvalue weighted by Gasteiger charge is 2.06. The Labute approximate surface area is 131 Å². The normalized spacial score (nSPS) is 12.5. The molecule has 0 radical (unpaired) electrons. The summed E-state index contributed by atoms with van der Waals surface area (Å²) >= 11 is 0. The van der Waals surface area contributed by atoms with E-state index in [1.54, 1.807) is 0 Å². The van der Waals surface area contributed by atoms with E-state index in [4.69, 9.17) is 4.74 Å². The van der Waals surface area contributed by atoms with E-state index in [0.717, 1.165) is 25.7 Å². The van der Waals surface area contributed by atoms with E-state index >= 15 is 0 Å². The van der Waals surface area contributed by atoms with E-state index in [0.29, 0.717) is 6.61 Å². The first-order chi connectivity index (χ1) is 9.82. The monoisotopic (exact) mass is 292 g/mol. The van der Waals surface area contributed by atoms with Gasteiger partial charge in [-0.05, 0) is 59.5 Å². The molecule has 0 N–H and O–H groups in total. The third-order valence-corrected chi connectivity index (χ3v) is 3.25. The maximum absolute atomic E-state index is 11.3. The Morgan fingerprint density at radius 2 is 1.43 bits per heavy atom. The number of esters is 1. The fraction of sp³-hybridized carbons (Fsp3) is 0.632. The van der Waals surface area contributed by atoms with E-state index in [9.17, 15) is 4.79 Å². The fourth-order valence-electron chi connectivity index (χ4n) is 1.77. The zero-order valence-electron chi connectivity index (χ0n) is 14.7. The minimum Gasteiger partial charge on any atom is -0.461 e. The average molecular weight is 292 g/mol. The van der Waals surface area contributed by atoms with Crippen LogP contribution < -0.4 is 0 Å². The molecule has 0 aromatic carbocycles. The van der Waals surface area contributed by atoms with Crippen LogP contribution in [0.4, 0.5) is 0 Å². The van der Waals surface area contributed by atoms with E-state index in [2.05, 4.69) is 39.8 Å². The number of rotatable bonds is 9.